The second kappa shape index (κ2) is 14.0. The highest BCUT2D eigenvalue weighted by atomic mass is 32.1. The van der Waals surface area contributed by atoms with Crippen molar-refractivity contribution in [2.24, 2.45) is 0 Å². The molecule has 4 nitrogen and oxygen atoms in total. The maximum absolute atomic E-state index is 5.38. The molecule has 10 aromatic rings. The van der Waals surface area contributed by atoms with Gasteiger partial charge in [-0.25, -0.2) is 19.9 Å². The Kier molecular flexibility index (Phi) is 8.32. The van der Waals surface area contributed by atoms with E-state index in [4.69, 9.17) is 19.9 Å². The Hall–Kier alpha value is -7.08. The third-order valence-electron chi connectivity index (χ3n) is 9.90. The Balaban J connectivity index is 1.23. The first kappa shape index (κ1) is 32.6. The Labute approximate surface area is 323 Å². The first-order valence-corrected chi connectivity index (χ1v) is 19.1. The summed E-state index contributed by atoms with van der Waals surface area (Å²) in [5, 5.41) is 2.24. The van der Waals surface area contributed by atoms with Crippen molar-refractivity contribution in [3.8, 4) is 78.8 Å². The fourth-order valence-electron chi connectivity index (χ4n) is 7.21. The summed E-state index contributed by atoms with van der Waals surface area (Å²) in [6.45, 7) is 0. The van der Waals surface area contributed by atoms with Gasteiger partial charge in [0, 0.05) is 43.3 Å². The zero-order valence-corrected chi connectivity index (χ0v) is 30.5. The Morgan fingerprint density at radius 3 is 1.38 bits per heavy atom. The molecule has 0 atom stereocenters. The molecule has 0 saturated carbocycles. The summed E-state index contributed by atoms with van der Waals surface area (Å²) in [4.78, 5) is 22.1. The summed E-state index contributed by atoms with van der Waals surface area (Å²) in [5.41, 5.74) is 11.9. The maximum atomic E-state index is 5.38. The molecule has 0 saturated heterocycles. The summed E-state index contributed by atoms with van der Waals surface area (Å²) in [7, 11) is 0. The van der Waals surface area contributed by atoms with Crippen molar-refractivity contribution in [3.05, 3.63) is 194 Å². The smallest absolute Gasteiger partial charge is 0.161 e. The number of nitrogens with zero attached hydrogens (tertiary/aromatic N) is 4. The highest BCUT2D eigenvalue weighted by molar-refractivity contribution is 7.25. The summed E-state index contributed by atoms with van der Waals surface area (Å²) in [5.74, 6) is 1.29. The number of aromatic nitrogens is 4. The molecular formula is C50H32N4S. The molecule has 0 aliphatic heterocycles. The van der Waals surface area contributed by atoms with Crippen molar-refractivity contribution >= 4 is 31.6 Å². The molecule has 258 valence electrons. The number of thiophene rings is 1. The van der Waals surface area contributed by atoms with Crippen LogP contribution < -0.4 is 0 Å². The lowest BCUT2D eigenvalue weighted by Gasteiger charge is -2.14. The second-order valence-corrected chi connectivity index (χ2v) is 14.5. The molecule has 0 aliphatic carbocycles. The first-order valence-electron chi connectivity index (χ1n) is 18.3. The Morgan fingerprint density at radius 2 is 0.764 bits per heavy atom. The maximum Gasteiger partial charge on any atom is 0.161 e. The molecule has 0 N–H and O–H groups in total. The largest absolute Gasteiger partial charge is 0.228 e. The fourth-order valence-corrected chi connectivity index (χ4v) is 8.28. The van der Waals surface area contributed by atoms with E-state index in [1.54, 1.807) is 11.3 Å². The molecule has 55 heavy (non-hydrogen) atoms. The van der Waals surface area contributed by atoms with Crippen molar-refractivity contribution in [2.45, 2.75) is 0 Å². The van der Waals surface area contributed by atoms with Crippen molar-refractivity contribution in [2.75, 3.05) is 0 Å². The molecule has 0 fully saturated rings. The van der Waals surface area contributed by atoms with Gasteiger partial charge in [0.25, 0.3) is 0 Å². The summed E-state index contributed by atoms with van der Waals surface area (Å²) in [6.07, 6.45) is 0. The van der Waals surface area contributed by atoms with Gasteiger partial charge in [0.05, 0.1) is 17.1 Å². The third-order valence-corrected chi connectivity index (χ3v) is 11.0. The van der Waals surface area contributed by atoms with E-state index in [2.05, 4.69) is 146 Å². The van der Waals surface area contributed by atoms with Crippen LogP contribution in [0, 0.1) is 0 Å². The van der Waals surface area contributed by atoms with Crippen LogP contribution in [0.5, 0.6) is 0 Å². The van der Waals surface area contributed by atoms with E-state index in [9.17, 15) is 0 Å². The molecule has 0 amide bonds. The van der Waals surface area contributed by atoms with Crippen LogP contribution in [-0.2, 0) is 0 Å². The highest BCUT2D eigenvalue weighted by Crippen LogP contribution is 2.41. The van der Waals surface area contributed by atoms with Gasteiger partial charge >= 0.3 is 0 Å². The topological polar surface area (TPSA) is 51.6 Å². The van der Waals surface area contributed by atoms with Crippen LogP contribution in [0.15, 0.2) is 194 Å². The SMILES string of the molecule is c1ccc(-c2cccc(-c3cc(-c4nc(-c5ccccc5)cc(-c5ccccc5)n4)cc(-c4nc(-c5ccccc5)c5c(n4)sc4ccccc45)c3)c2)cc1. The normalized spacial score (nSPS) is 11.3. The molecule has 0 unspecified atom stereocenters. The van der Waals surface area contributed by atoms with Gasteiger partial charge < -0.3 is 0 Å². The average Bonchev–Trinajstić information content (AvgIpc) is 3.66. The summed E-state index contributed by atoms with van der Waals surface area (Å²) < 4.78 is 1.19. The van der Waals surface area contributed by atoms with Crippen molar-refractivity contribution in [3.63, 3.8) is 0 Å². The first-order chi connectivity index (χ1) is 27.2. The predicted octanol–water partition coefficient (Wildman–Crippen LogP) is 13.3. The van der Waals surface area contributed by atoms with Crippen LogP contribution in [0.3, 0.4) is 0 Å². The highest BCUT2D eigenvalue weighted by Gasteiger charge is 2.19. The van der Waals surface area contributed by atoms with E-state index in [1.807, 2.05) is 48.5 Å². The zero-order valence-electron chi connectivity index (χ0n) is 29.7. The monoisotopic (exact) mass is 720 g/mol. The molecule has 3 heterocycles. The lowest BCUT2D eigenvalue weighted by atomic mass is 9.95. The number of hydrogen-bond donors (Lipinski definition) is 0. The van der Waals surface area contributed by atoms with Crippen LogP contribution in [-0.4, -0.2) is 19.9 Å². The number of hydrogen-bond acceptors (Lipinski definition) is 5. The van der Waals surface area contributed by atoms with Crippen LogP contribution in [0.2, 0.25) is 0 Å². The minimum atomic E-state index is 0.633. The average molecular weight is 721 g/mol. The van der Waals surface area contributed by atoms with Gasteiger partial charge in [-0.05, 0) is 58.7 Å². The lowest BCUT2D eigenvalue weighted by molar-refractivity contribution is 1.18. The molecule has 3 aromatic heterocycles. The Bertz CT molecular complexity index is 2900. The van der Waals surface area contributed by atoms with E-state index in [-0.39, 0.29) is 0 Å². The molecule has 0 bridgehead atoms. The van der Waals surface area contributed by atoms with Gasteiger partial charge in [-0.2, -0.15) is 0 Å². The lowest BCUT2D eigenvalue weighted by Crippen LogP contribution is -1.98. The molecule has 0 spiro atoms. The second-order valence-electron chi connectivity index (χ2n) is 13.5. The number of rotatable bonds is 7. The zero-order chi connectivity index (χ0) is 36.6. The van der Waals surface area contributed by atoms with Gasteiger partial charge in [0.15, 0.2) is 11.6 Å². The van der Waals surface area contributed by atoms with E-state index in [0.29, 0.717) is 11.6 Å². The standard InChI is InChI=1S/C50H32N4S/c1-5-16-33(17-6-1)37-24-15-25-38(28-37)39-29-40(48-51-43(34-18-7-2-8-19-34)32-44(52-48)35-20-9-3-10-21-35)31-41(30-39)49-53-47(36-22-11-4-12-23-36)46-42-26-13-14-27-45(42)55-50(46)54-49/h1-32H. The molecule has 5 heteroatoms. The third kappa shape index (κ3) is 6.37. The van der Waals surface area contributed by atoms with Crippen molar-refractivity contribution < 1.29 is 0 Å². The van der Waals surface area contributed by atoms with E-state index >= 15 is 0 Å². The van der Waals surface area contributed by atoms with Crippen LogP contribution in [0.25, 0.3) is 99.1 Å². The summed E-state index contributed by atoms with van der Waals surface area (Å²) >= 11 is 1.70. The number of benzene rings is 7. The predicted molar refractivity (Wildman–Crippen MR) is 229 cm³/mol. The van der Waals surface area contributed by atoms with Crippen LogP contribution in [0.4, 0.5) is 0 Å². The fraction of sp³-hybridized carbons (Fsp3) is 0. The quantitative estimate of drug-likeness (QED) is 0.164. The minimum absolute atomic E-state index is 0.633. The van der Waals surface area contributed by atoms with Gasteiger partial charge in [-0.3, -0.25) is 0 Å². The van der Waals surface area contributed by atoms with Crippen LogP contribution >= 0.6 is 11.3 Å². The minimum Gasteiger partial charge on any atom is -0.228 e. The molecule has 7 aromatic carbocycles. The van der Waals surface area contributed by atoms with Gasteiger partial charge in [0.2, 0.25) is 0 Å². The van der Waals surface area contributed by atoms with Crippen molar-refractivity contribution in [1.29, 1.82) is 0 Å². The van der Waals surface area contributed by atoms with E-state index in [0.717, 1.165) is 77.4 Å². The van der Waals surface area contributed by atoms with E-state index < -0.39 is 0 Å². The van der Waals surface area contributed by atoms with E-state index in [1.165, 1.54) is 10.1 Å². The van der Waals surface area contributed by atoms with Crippen molar-refractivity contribution in [1.82, 2.24) is 19.9 Å². The molecule has 10 rings (SSSR count). The molecular weight excluding hydrogens is 689 g/mol. The Morgan fingerprint density at radius 1 is 0.309 bits per heavy atom. The van der Waals surface area contributed by atoms with Gasteiger partial charge in [-0.15, -0.1) is 11.3 Å². The molecule has 0 aliphatic rings. The van der Waals surface area contributed by atoms with Gasteiger partial charge in [-0.1, -0.05) is 158 Å². The molecule has 0 radical (unpaired) electrons. The van der Waals surface area contributed by atoms with Crippen LogP contribution in [0.1, 0.15) is 0 Å². The summed E-state index contributed by atoms with van der Waals surface area (Å²) in [6, 6.07) is 67.4. The van der Waals surface area contributed by atoms with Gasteiger partial charge in [0.1, 0.15) is 4.83 Å². The number of fused-ring (bicyclic) bond motifs is 3.